The largest absolute Gasteiger partial charge is 0.478 e. The number of hydrogen-bond acceptors (Lipinski definition) is 3. The molecular weight excluding hydrogens is 282 g/mol. The number of carbonyl (C=O) groups excluding carboxylic acids is 1. The molecule has 21 heavy (non-hydrogen) atoms. The first-order chi connectivity index (χ1) is 9.99. The fourth-order valence-corrected chi connectivity index (χ4v) is 2.28. The molecule has 1 fully saturated rings. The Kier molecular flexibility index (Phi) is 4.72. The summed E-state index contributed by atoms with van der Waals surface area (Å²) in [5, 5.41) is 11.2. The van der Waals surface area contributed by atoms with Crippen molar-refractivity contribution in [2.24, 2.45) is 0 Å². The maximum absolute atomic E-state index is 13.6. The van der Waals surface area contributed by atoms with Crippen LogP contribution in [0.15, 0.2) is 12.1 Å². The van der Waals surface area contributed by atoms with Gasteiger partial charge in [0.05, 0.1) is 5.56 Å². The van der Waals surface area contributed by atoms with E-state index in [-0.39, 0.29) is 18.9 Å². The average molecular weight is 298 g/mol. The van der Waals surface area contributed by atoms with Gasteiger partial charge in [0.15, 0.2) is 0 Å². The van der Waals surface area contributed by atoms with Crippen molar-refractivity contribution in [1.82, 2.24) is 4.90 Å². The molecule has 0 aromatic heterocycles. The number of carbonyl (C=O) groups is 2. The summed E-state index contributed by atoms with van der Waals surface area (Å²) in [4.78, 5) is 24.2. The summed E-state index contributed by atoms with van der Waals surface area (Å²) in [7, 11) is 0. The maximum Gasteiger partial charge on any atom is 0.335 e. The highest BCUT2D eigenvalue weighted by Gasteiger charge is 2.18. The zero-order chi connectivity index (χ0) is 15.4. The third-order valence-electron chi connectivity index (χ3n) is 3.39. The van der Waals surface area contributed by atoms with Crippen LogP contribution in [0.2, 0.25) is 0 Å². The predicted molar refractivity (Wildman–Crippen MR) is 72.2 cm³/mol. The van der Waals surface area contributed by atoms with Crippen molar-refractivity contribution < 1.29 is 23.5 Å². The van der Waals surface area contributed by atoms with Crippen molar-refractivity contribution in [1.29, 1.82) is 0 Å². The molecule has 0 unspecified atom stereocenters. The molecule has 1 amide bonds. The number of likely N-dealkylation sites (tertiary alicyclic amines) is 1. The quantitative estimate of drug-likeness (QED) is 0.873. The first-order valence-electron chi connectivity index (χ1n) is 6.73. The molecule has 0 atom stereocenters. The summed E-state index contributed by atoms with van der Waals surface area (Å²) in [6.45, 7) is 1.55. The van der Waals surface area contributed by atoms with Gasteiger partial charge in [-0.2, -0.15) is 0 Å². The summed E-state index contributed by atoms with van der Waals surface area (Å²) < 4.78 is 27.3. The summed E-state index contributed by atoms with van der Waals surface area (Å²) in [5.41, 5.74) is -0.863. The topological polar surface area (TPSA) is 69.6 Å². The smallest absolute Gasteiger partial charge is 0.335 e. The summed E-state index contributed by atoms with van der Waals surface area (Å²) in [6, 6.07) is 1.49. The first kappa shape index (κ1) is 15.2. The third kappa shape index (κ3) is 3.68. The van der Waals surface area contributed by atoms with Crippen molar-refractivity contribution in [3.8, 4) is 0 Å². The number of aromatic carboxylic acids is 1. The van der Waals surface area contributed by atoms with Crippen molar-refractivity contribution in [2.45, 2.75) is 19.3 Å². The normalized spacial score (nSPS) is 14.3. The molecule has 114 valence electrons. The Bertz CT molecular complexity index is 534. The number of nitrogens with one attached hydrogen (secondary N) is 1. The minimum atomic E-state index is -1.40. The van der Waals surface area contributed by atoms with Gasteiger partial charge in [-0.1, -0.05) is 0 Å². The molecule has 0 radical (unpaired) electrons. The molecule has 2 N–H and O–H groups in total. The van der Waals surface area contributed by atoms with Gasteiger partial charge >= 0.3 is 5.97 Å². The van der Waals surface area contributed by atoms with E-state index in [1.807, 2.05) is 0 Å². The molecule has 1 heterocycles. The van der Waals surface area contributed by atoms with E-state index in [0.717, 1.165) is 38.1 Å². The van der Waals surface area contributed by atoms with E-state index in [4.69, 9.17) is 5.11 Å². The number of carboxylic acids is 1. The Balaban J connectivity index is 1.94. The number of hydrogen-bond donors (Lipinski definition) is 2. The van der Waals surface area contributed by atoms with Gasteiger partial charge in [-0.15, -0.1) is 0 Å². The van der Waals surface area contributed by atoms with Gasteiger partial charge in [0.1, 0.15) is 17.3 Å². The fraction of sp³-hybridized carbons (Fsp3) is 0.429. The molecule has 7 heteroatoms. The second kappa shape index (κ2) is 6.51. The highest BCUT2D eigenvalue weighted by Crippen LogP contribution is 2.21. The van der Waals surface area contributed by atoms with Gasteiger partial charge < -0.3 is 15.3 Å². The number of amides is 1. The Labute approximate surface area is 120 Å². The molecule has 1 aromatic carbocycles. The van der Waals surface area contributed by atoms with E-state index in [1.54, 1.807) is 4.90 Å². The van der Waals surface area contributed by atoms with Crippen LogP contribution in [0, 0.1) is 11.6 Å². The summed E-state index contributed by atoms with van der Waals surface area (Å²) in [6.07, 6.45) is 2.11. The van der Waals surface area contributed by atoms with E-state index in [2.05, 4.69) is 5.32 Å². The minimum absolute atomic E-state index is 0.0528. The van der Waals surface area contributed by atoms with Crippen LogP contribution < -0.4 is 5.32 Å². The molecule has 0 aliphatic carbocycles. The van der Waals surface area contributed by atoms with Crippen molar-refractivity contribution in [3.63, 3.8) is 0 Å². The van der Waals surface area contributed by atoms with Gasteiger partial charge in [0, 0.05) is 26.1 Å². The molecular formula is C14H16F2N2O3. The Morgan fingerprint density at radius 3 is 2.29 bits per heavy atom. The van der Waals surface area contributed by atoms with E-state index in [9.17, 15) is 18.4 Å². The zero-order valence-corrected chi connectivity index (χ0v) is 11.4. The minimum Gasteiger partial charge on any atom is -0.478 e. The second-order valence-electron chi connectivity index (χ2n) is 4.88. The molecule has 0 saturated carbocycles. The zero-order valence-electron chi connectivity index (χ0n) is 11.4. The molecule has 1 aromatic rings. The van der Waals surface area contributed by atoms with Crippen molar-refractivity contribution in [2.75, 3.05) is 25.0 Å². The third-order valence-corrected chi connectivity index (χ3v) is 3.39. The van der Waals surface area contributed by atoms with Gasteiger partial charge in [-0.25, -0.2) is 13.6 Å². The van der Waals surface area contributed by atoms with E-state index in [0.29, 0.717) is 0 Å². The van der Waals surface area contributed by atoms with Crippen LogP contribution in [0.1, 0.15) is 29.6 Å². The van der Waals surface area contributed by atoms with Crippen LogP contribution >= 0.6 is 0 Å². The van der Waals surface area contributed by atoms with Gasteiger partial charge in [0.25, 0.3) is 0 Å². The fourth-order valence-electron chi connectivity index (χ4n) is 2.28. The molecule has 0 bridgehead atoms. The standard InChI is InChI=1S/C14H16F2N2O3/c15-10-7-9(14(20)21)8-11(16)13(10)17-4-3-12(19)18-5-1-2-6-18/h7-8,17H,1-6H2,(H,20,21). The molecule has 1 saturated heterocycles. The number of rotatable bonds is 5. The van der Waals surface area contributed by atoms with E-state index < -0.39 is 28.9 Å². The van der Waals surface area contributed by atoms with Gasteiger partial charge in [-0.3, -0.25) is 4.79 Å². The van der Waals surface area contributed by atoms with Crippen LogP contribution in [-0.4, -0.2) is 41.5 Å². The highest BCUT2D eigenvalue weighted by atomic mass is 19.1. The number of anilines is 1. The SMILES string of the molecule is O=C(O)c1cc(F)c(NCCC(=O)N2CCCC2)c(F)c1. The first-order valence-corrected chi connectivity index (χ1v) is 6.73. The van der Waals surface area contributed by atoms with Crippen molar-refractivity contribution in [3.05, 3.63) is 29.3 Å². The lowest BCUT2D eigenvalue weighted by Gasteiger charge is -2.16. The van der Waals surface area contributed by atoms with Crippen LogP contribution in [0.3, 0.4) is 0 Å². The number of halogens is 2. The van der Waals surface area contributed by atoms with E-state index in [1.165, 1.54) is 0 Å². The molecule has 2 rings (SSSR count). The second-order valence-corrected chi connectivity index (χ2v) is 4.88. The molecule has 1 aliphatic rings. The van der Waals surface area contributed by atoms with Crippen LogP contribution in [0.5, 0.6) is 0 Å². The lowest BCUT2D eigenvalue weighted by molar-refractivity contribution is -0.129. The predicted octanol–water partition coefficient (Wildman–Crippen LogP) is 2.09. The van der Waals surface area contributed by atoms with Crippen molar-refractivity contribution >= 4 is 17.6 Å². The molecule has 1 aliphatic heterocycles. The Hall–Kier alpha value is -2.18. The Morgan fingerprint density at radius 2 is 1.76 bits per heavy atom. The van der Waals surface area contributed by atoms with Gasteiger partial charge in [0.2, 0.25) is 5.91 Å². The number of carboxylic acid groups (broad SMARTS) is 1. The number of benzene rings is 1. The lowest BCUT2D eigenvalue weighted by atomic mass is 10.2. The number of nitrogens with zero attached hydrogens (tertiary/aromatic N) is 1. The lowest BCUT2D eigenvalue weighted by Crippen LogP contribution is -2.29. The Morgan fingerprint density at radius 1 is 1.19 bits per heavy atom. The average Bonchev–Trinajstić information content (AvgIpc) is 2.95. The molecule has 0 spiro atoms. The molecule has 5 nitrogen and oxygen atoms in total. The van der Waals surface area contributed by atoms with Crippen LogP contribution in [-0.2, 0) is 4.79 Å². The van der Waals surface area contributed by atoms with E-state index >= 15 is 0 Å². The highest BCUT2D eigenvalue weighted by molar-refractivity contribution is 5.88. The summed E-state index contributed by atoms with van der Waals surface area (Å²) >= 11 is 0. The maximum atomic E-state index is 13.6. The monoisotopic (exact) mass is 298 g/mol. The van der Waals surface area contributed by atoms with Crippen LogP contribution in [0.25, 0.3) is 0 Å². The summed E-state index contributed by atoms with van der Waals surface area (Å²) in [5.74, 6) is -3.42. The van der Waals surface area contributed by atoms with Gasteiger partial charge in [-0.05, 0) is 25.0 Å². The van der Waals surface area contributed by atoms with Crippen LogP contribution in [0.4, 0.5) is 14.5 Å².